The van der Waals surface area contributed by atoms with Gasteiger partial charge in [0.2, 0.25) is 5.91 Å². The molecule has 1 unspecified atom stereocenters. The Labute approximate surface area is 144 Å². The molecule has 3 heterocycles. The molecule has 1 amide bonds. The number of aryl methyl sites for hydroxylation is 1. The Hall–Kier alpha value is -2.74. The van der Waals surface area contributed by atoms with Gasteiger partial charge >= 0.3 is 0 Å². The van der Waals surface area contributed by atoms with E-state index in [-0.39, 0.29) is 18.6 Å². The fourth-order valence-corrected chi connectivity index (χ4v) is 3.02. The number of hydrogen-bond donors (Lipinski definition) is 1. The molecule has 1 aliphatic rings. The Morgan fingerprint density at radius 2 is 2.28 bits per heavy atom. The molecule has 3 aromatic rings. The van der Waals surface area contributed by atoms with Gasteiger partial charge < -0.3 is 9.64 Å². The summed E-state index contributed by atoms with van der Waals surface area (Å²) in [4.78, 5) is 18.9. The average molecular weight is 340 g/mol. The first-order valence-corrected chi connectivity index (χ1v) is 8.45. The number of hydrogen-bond acceptors (Lipinski definition) is 5. The van der Waals surface area contributed by atoms with Gasteiger partial charge in [0, 0.05) is 18.4 Å². The van der Waals surface area contributed by atoms with Crippen LogP contribution in [0, 0.1) is 0 Å². The van der Waals surface area contributed by atoms with Crippen molar-refractivity contribution in [2.75, 3.05) is 19.7 Å². The van der Waals surface area contributed by atoms with Crippen LogP contribution in [-0.4, -0.2) is 55.5 Å². The number of aromatic amines is 1. The summed E-state index contributed by atoms with van der Waals surface area (Å²) >= 11 is 0. The van der Waals surface area contributed by atoms with E-state index < -0.39 is 0 Å². The van der Waals surface area contributed by atoms with Crippen molar-refractivity contribution in [1.29, 1.82) is 0 Å². The van der Waals surface area contributed by atoms with Crippen molar-refractivity contribution < 1.29 is 9.53 Å². The van der Waals surface area contributed by atoms with Crippen molar-refractivity contribution in [2.24, 2.45) is 0 Å². The van der Waals surface area contributed by atoms with E-state index in [1.165, 1.54) is 0 Å². The number of rotatable bonds is 4. The number of H-pyrrole nitrogens is 1. The predicted molar refractivity (Wildman–Crippen MR) is 90.8 cm³/mol. The molecule has 0 spiro atoms. The molecular formula is C17H20N6O2. The quantitative estimate of drug-likeness (QED) is 0.774. The second-order valence-electron chi connectivity index (χ2n) is 6.05. The third-order valence-electron chi connectivity index (χ3n) is 4.43. The second kappa shape index (κ2) is 6.64. The van der Waals surface area contributed by atoms with Crippen molar-refractivity contribution >= 4 is 16.8 Å². The molecular weight excluding hydrogens is 320 g/mol. The SMILES string of the molecule is CCc1nc(C2CN(C(=O)Cn3ncc4ccccc43)CCO2)n[nH]1. The number of carbonyl (C=O) groups excluding carboxylic acids is 1. The summed E-state index contributed by atoms with van der Waals surface area (Å²) in [6, 6.07) is 7.87. The van der Waals surface area contributed by atoms with Crippen molar-refractivity contribution in [3.63, 3.8) is 0 Å². The van der Waals surface area contributed by atoms with Crippen LogP contribution in [0.5, 0.6) is 0 Å². The molecule has 8 nitrogen and oxygen atoms in total. The molecule has 0 radical (unpaired) electrons. The van der Waals surface area contributed by atoms with E-state index in [0.29, 0.717) is 25.5 Å². The van der Waals surface area contributed by atoms with Gasteiger partial charge in [-0.3, -0.25) is 14.6 Å². The summed E-state index contributed by atoms with van der Waals surface area (Å²) in [7, 11) is 0. The Balaban J connectivity index is 1.46. The van der Waals surface area contributed by atoms with Crippen LogP contribution in [0.2, 0.25) is 0 Å². The zero-order chi connectivity index (χ0) is 17.2. The molecule has 2 aromatic heterocycles. The highest BCUT2D eigenvalue weighted by Crippen LogP contribution is 2.20. The van der Waals surface area contributed by atoms with Crippen LogP contribution < -0.4 is 0 Å². The molecule has 1 aromatic carbocycles. The smallest absolute Gasteiger partial charge is 0.244 e. The van der Waals surface area contributed by atoms with Crippen LogP contribution in [0.15, 0.2) is 30.5 Å². The van der Waals surface area contributed by atoms with Crippen molar-refractivity contribution in [3.05, 3.63) is 42.1 Å². The van der Waals surface area contributed by atoms with Gasteiger partial charge in [-0.1, -0.05) is 25.1 Å². The van der Waals surface area contributed by atoms with E-state index in [1.807, 2.05) is 31.2 Å². The summed E-state index contributed by atoms with van der Waals surface area (Å²) in [5, 5.41) is 12.5. The third kappa shape index (κ3) is 3.12. The van der Waals surface area contributed by atoms with Gasteiger partial charge in [0.05, 0.1) is 24.9 Å². The Kier molecular flexibility index (Phi) is 4.19. The average Bonchev–Trinajstić information content (AvgIpc) is 3.29. The van der Waals surface area contributed by atoms with Gasteiger partial charge in [-0.2, -0.15) is 10.2 Å². The maximum atomic E-state index is 12.7. The monoisotopic (exact) mass is 340 g/mol. The number of morpholine rings is 1. The summed E-state index contributed by atoms with van der Waals surface area (Å²) in [5.74, 6) is 1.46. The largest absolute Gasteiger partial charge is 0.366 e. The number of nitrogens with zero attached hydrogens (tertiary/aromatic N) is 5. The Morgan fingerprint density at radius 1 is 1.40 bits per heavy atom. The first kappa shape index (κ1) is 15.8. The number of carbonyl (C=O) groups is 1. The molecule has 0 aliphatic carbocycles. The zero-order valence-corrected chi connectivity index (χ0v) is 14.1. The van der Waals surface area contributed by atoms with E-state index in [0.717, 1.165) is 23.1 Å². The fourth-order valence-electron chi connectivity index (χ4n) is 3.02. The lowest BCUT2D eigenvalue weighted by atomic mass is 10.2. The summed E-state index contributed by atoms with van der Waals surface area (Å²) in [6.45, 7) is 3.73. The Morgan fingerprint density at radius 3 is 3.12 bits per heavy atom. The van der Waals surface area contributed by atoms with Crippen LogP contribution in [0.1, 0.15) is 24.7 Å². The van der Waals surface area contributed by atoms with Gasteiger partial charge in [-0.05, 0) is 6.07 Å². The minimum atomic E-state index is -0.288. The van der Waals surface area contributed by atoms with Gasteiger partial charge in [-0.15, -0.1) is 0 Å². The number of para-hydroxylation sites is 1. The summed E-state index contributed by atoms with van der Waals surface area (Å²) in [5.41, 5.74) is 0.960. The first-order valence-electron chi connectivity index (χ1n) is 8.45. The lowest BCUT2D eigenvalue weighted by Gasteiger charge is -2.31. The maximum Gasteiger partial charge on any atom is 0.244 e. The van der Waals surface area contributed by atoms with Crippen LogP contribution in [0.3, 0.4) is 0 Å². The number of nitrogens with one attached hydrogen (secondary N) is 1. The number of fused-ring (bicyclic) bond motifs is 1. The molecule has 8 heteroatoms. The molecule has 1 atom stereocenters. The standard InChI is InChI=1S/C17H20N6O2/c1-2-15-19-17(21-20-15)14-10-22(7-8-25-14)16(24)11-23-13-6-4-3-5-12(13)9-18-23/h3-6,9,14H,2,7-8,10-11H2,1H3,(H,19,20,21). The van der Waals surface area contributed by atoms with E-state index >= 15 is 0 Å². The lowest BCUT2D eigenvalue weighted by Crippen LogP contribution is -2.44. The molecule has 130 valence electrons. The molecule has 4 rings (SSSR count). The number of aromatic nitrogens is 5. The van der Waals surface area contributed by atoms with Gasteiger partial charge in [0.1, 0.15) is 18.5 Å². The molecule has 25 heavy (non-hydrogen) atoms. The van der Waals surface area contributed by atoms with Crippen LogP contribution in [-0.2, 0) is 22.5 Å². The number of ether oxygens (including phenoxy) is 1. The third-order valence-corrected chi connectivity index (χ3v) is 4.43. The highest BCUT2D eigenvalue weighted by Gasteiger charge is 2.28. The highest BCUT2D eigenvalue weighted by atomic mass is 16.5. The second-order valence-corrected chi connectivity index (χ2v) is 6.05. The van der Waals surface area contributed by atoms with E-state index in [1.54, 1.807) is 15.8 Å². The van der Waals surface area contributed by atoms with Crippen LogP contribution in [0.25, 0.3) is 10.9 Å². The van der Waals surface area contributed by atoms with Crippen LogP contribution in [0.4, 0.5) is 0 Å². The first-order chi connectivity index (χ1) is 12.2. The Bertz CT molecular complexity index is 886. The van der Waals surface area contributed by atoms with Crippen LogP contribution >= 0.6 is 0 Å². The topological polar surface area (TPSA) is 88.9 Å². The fraction of sp³-hybridized carbons (Fsp3) is 0.412. The normalized spacial score (nSPS) is 18.0. The van der Waals surface area contributed by atoms with E-state index in [9.17, 15) is 4.79 Å². The van der Waals surface area contributed by atoms with Crippen molar-refractivity contribution in [1.82, 2.24) is 29.9 Å². The van der Waals surface area contributed by atoms with Gasteiger partial charge in [0.25, 0.3) is 0 Å². The minimum absolute atomic E-state index is 0.0217. The molecule has 0 bridgehead atoms. The maximum absolute atomic E-state index is 12.7. The molecule has 1 fully saturated rings. The van der Waals surface area contributed by atoms with Gasteiger partial charge in [0.15, 0.2) is 5.82 Å². The summed E-state index contributed by atoms with van der Waals surface area (Å²) < 4.78 is 7.49. The molecule has 1 N–H and O–H groups in total. The van der Waals surface area contributed by atoms with Gasteiger partial charge in [-0.25, -0.2) is 4.98 Å². The highest BCUT2D eigenvalue weighted by molar-refractivity contribution is 5.82. The van der Waals surface area contributed by atoms with E-state index in [2.05, 4.69) is 20.3 Å². The van der Waals surface area contributed by atoms with Crippen molar-refractivity contribution in [3.8, 4) is 0 Å². The summed E-state index contributed by atoms with van der Waals surface area (Å²) in [6.07, 6.45) is 2.28. The number of benzene rings is 1. The number of amides is 1. The minimum Gasteiger partial charge on any atom is -0.366 e. The molecule has 0 saturated carbocycles. The van der Waals surface area contributed by atoms with Crippen molar-refractivity contribution in [2.45, 2.75) is 26.0 Å². The molecule has 1 saturated heterocycles. The lowest BCUT2D eigenvalue weighted by molar-refractivity contribution is -0.140. The predicted octanol–water partition coefficient (Wildman–Crippen LogP) is 1.32. The van der Waals surface area contributed by atoms with E-state index in [4.69, 9.17) is 4.74 Å². The molecule has 1 aliphatic heterocycles. The zero-order valence-electron chi connectivity index (χ0n) is 14.1.